The van der Waals surface area contributed by atoms with Gasteiger partial charge in [0.15, 0.2) is 5.65 Å². The van der Waals surface area contributed by atoms with E-state index in [2.05, 4.69) is 23.1 Å². The maximum atomic E-state index is 11.9. The molecule has 35 heavy (non-hydrogen) atoms. The van der Waals surface area contributed by atoms with E-state index in [0.29, 0.717) is 0 Å². The number of phosphoric acid groups is 3. The van der Waals surface area contributed by atoms with Gasteiger partial charge in [0.05, 0.1) is 25.9 Å². The van der Waals surface area contributed by atoms with Crippen LogP contribution < -0.4 is 106 Å². The normalized spacial score (nSPS) is 23.1. The number of rotatable bonds is 8. The summed E-state index contributed by atoms with van der Waals surface area (Å²) in [4.78, 5) is 61.5. The van der Waals surface area contributed by atoms with Crippen molar-refractivity contribution >= 4 is 40.4 Å². The van der Waals surface area contributed by atoms with Crippen LogP contribution in [0, 0.1) is 0 Å². The Morgan fingerprint density at radius 2 is 1.74 bits per heavy atom. The Bertz CT molecular complexity index is 1190. The van der Waals surface area contributed by atoms with Crippen molar-refractivity contribution in [2.24, 2.45) is 0 Å². The van der Waals surface area contributed by atoms with Gasteiger partial charge in [-0.25, -0.2) is 4.31 Å². The van der Waals surface area contributed by atoms with E-state index in [-0.39, 0.29) is 98.8 Å². The minimum atomic E-state index is -6.11. The Labute approximate surface area is 245 Å². The second-order valence-corrected chi connectivity index (χ2v) is 10.4. The molecule has 24 heteroatoms. The number of nitrogens with two attached hydrogens (primary N) is 1. The van der Waals surface area contributed by atoms with Gasteiger partial charge >= 0.3 is 75.4 Å². The van der Waals surface area contributed by atoms with Crippen molar-refractivity contribution in [1.82, 2.24) is 14.5 Å². The number of nitrogen functional groups attached to an aromatic ring is 1. The summed E-state index contributed by atoms with van der Waals surface area (Å²) in [5.74, 6) is -0.176. The predicted octanol–water partition coefficient (Wildman–Crippen LogP) is -15.2. The third-order valence-corrected chi connectivity index (χ3v) is 7.58. The van der Waals surface area contributed by atoms with Crippen LogP contribution in [0.3, 0.4) is 0 Å². The molecule has 0 bridgehead atoms. The molecule has 1 saturated heterocycles. The molecule has 5 unspecified atom stereocenters. The fourth-order valence-electron chi connectivity index (χ4n) is 2.78. The monoisotopic (exact) mass is 530 g/mol. The van der Waals surface area contributed by atoms with E-state index in [1.54, 1.807) is 0 Å². The Balaban J connectivity index is 0. The van der Waals surface area contributed by atoms with Gasteiger partial charge in [0.25, 0.3) is 21.2 Å². The van der Waals surface area contributed by atoms with Gasteiger partial charge in [-0.05, 0) is 6.07 Å². The van der Waals surface area contributed by atoms with Crippen LogP contribution >= 0.6 is 23.5 Å². The summed E-state index contributed by atoms with van der Waals surface area (Å²) in [6, 6.07) is 1.41. The first-order valence-electron chi connectivity index (χ1n) is 8.07. The van der Waals surface area contributed by atoms with Crippen molar-refractivity contribution in [2.45, 2.75) is 24.9 Å². The van der Waals surface area contributed by atoms with Crippen LogP contribution in [0.1, 0.15) is 12.6 Å². The zero-order valence-electron chi connectivity index (χ0n) is 19.0. The van der Waals surface area contributed by atoms with Crippen molar-refractivity contribution in [3.05, 3.63) is 22.6 Å². The van der Waals surface area contributed by atoms with Crippen molar-refractivity contribution in [2.75, 3.05) is 12.3 Å². The van der Waals surface area contributed by atoms with Crippen LogP contribution in [0.4, 0.5) is 5.95 Å². The number of phosphoric ester groups is 1. The number of hydrogen-bond donors (Lipinski definition) is 3. The molecule has 4 N–H and O–H groups in total. The number of aromatic amines is 1. The summed E-state index contributed by atoms with van der Waals surface area (Å²) >= 11 is 0. The van der Waals surface area contributed by atoms with E-state index >= 15 is 0 Å². The molecule has 3 rings (SSSR count). The number of anilines is 1. The molecule has 0 aromatic carbocycles. The second kappa shape index (κ2) is 14.4. The molecule has 3 heterocycles. The molecular formula is C11H13Li4N4O13P3. The Morgan fingerprint density at radius 1 is 1.14 bits per heavy atom. The topological polar surface area (TPSA) is 277 Å². The number of nitrogens with zero attached hydrogens (tertiary/aromatic N) is 2. The van der Waals surface area contributed by atoms with Gasteiger partial charge in [-0.15, -0.1) is 0 Å². The van der Waals surface area contributed by atoms with Crippen molar-refractivity contribution in [1.29, 1.82) is 0 Å². The molecule has 1 aliphatic heterocycles. The second-order valence-electron chi connectivity index (χ2n) is 6.14. The summed E-state index contributed by atoms with van der Waals surface area (Å²) in [7, 11) is -17.9. The number of H-pyrrole nitrogens is 1. The maximum absolute atomic E-state index is 11.9. The number of aliphatic hydroxyl groups excluding tert-OH is 1. The fourth-order valence-corrected chi connectivity index (χ4v) is 5.64. The van der Waals surface area contributed by atoms with E-state index in [4.69, 9.17) is 10.5 Å². The number of aromatic nitrogens is 3. The molecule has 17 nitrogen and oxygen atoms in total. The number of hydrogen-bond acceptors (Lipinski definition) is 15. The first-order valence-corrected chi connectivity index (χ1v) is 12.5. The van der Waals surface area contributed by atoms with Gasteiger partial charge < -0.3 is 48.8 Å². The average molecular weight is 530 g/mol. The zero-order chi connectivity index (χ0) is 23.2. The number of fused-ring (bicyclic) bond motifs is 1. The van der Waals surface area contributed by atoms with Gasteiger partial charge in [0.1, 0.15) is 12.3 Å². The molecule has 2 aromatic rings. The Hall–Kier alpha value is 0.940. The summed E-state index contributed by atoms with van der Waals surface area (Å²) in [6.07, 6.45) is -2.23. The molecule has 1 fully saturated rings. The van der Waals surface area contributed by atoms with Gasteiger partial charge in [-0.2, -0.15) is 4.98 Å². The van der Waals surface area contributed by atoms with Crippen LogP contribution in [-0.4, -0.2) is 38.5 Å². The number of aliphatic hydroxyl groups is 1. The van der Waals surface area contributed by atoms with Crippen molar-refractivity contribution in [3.8, 4) is 0 Å². The molecule has 5 atom stereocenters. The summed E-state index contributed by atoms with van der Waals surface area (Å²) in [6.45, 7) is -0.944. The molecule has 0 spiro atoms. The van der Waals surface area contributed by atoms with Gasteiger partial charge in [-0.3, -0.25) is 23.2 Å². The van der Waals surface area contributed by atoms with E-state index < -0.39 is 54.1 Å². The minimum Gasteiger partial charge on any atom is -0.790 e. The third kappa shape index (κ3) is 10.6. The predicted molar refractivity (Wildman–Crippen MR) is 90.2 cm³/mol. The van der Waals surface area contributed by atoms with Crippen LogP contribution in [-0.2, 0) is 31.6 Å². The summed E-state index contributed by atoms with van der Waals surface area (Å²) in [5.41, 5.74) is 5.11. The standard InChI is InChI=1S/C11H17N4O13P3.4Li/c12-11-13-9-5(10(17)14-11)1-2-15(9)8-3-6(16)7(26-8)4-25-30(21,22)28-31(23,24)27-29(18,19)20;;;;/h1-2,6-8,16H,3-4H2,(H,21,22)(H,23,24)(H2,18,19,20)(H3,12,13,14,17);;;;/q;4*+1/p-4. The largest absolute Gasteiger partial charge is 1.00 e. The van der Waals surface area contributed by atoms with E-state index in [1.807, 2.05) is 0 Å². The molecule has 0 radical (unpaired) electrons. The molecule has 2 aromatic heterocycles. The molecular weight excluding hydrogens is 517 g/mol. The quantitative estimate of drug-likeness (QED) is 0.211. The maximum Gasteiger partial charge on any atom is 1.00 e. The average Bonchev–Trinajstić information content (AvgIpc) is 3.13. The van der Waals surface area contributed by atoms with E-state index in [9.17, 15) is 43.2 Å². The number of nitrogens with one attached hydrogen (secondary N) is 1. The van der Waals surface area contributed by atoms with Gasteiger partial charge in [0, 0.05) is 12.6 Å². The third-order valence-electron chi connectivity index (χ3n) is 3.91. The Kier molecular flexibility index (Phi) is 15.6. The number of ether oxygens (including phenoxy) is 1. The van der Waals surface area contributed by atoms with Crippen molar-refractivity contribution in [3.63, 3.8) is 0 Å². The molecule has 0 saturated carbocycles. The SMILES string of the molecule is Nc1nc2c(ccn2C2CC(O)C(COP(=O)([O-])OP(=O)([O-])OP(=O)([O-])[O-])O2)c(=O)[nH]1.[Li+].[Li+].[Li+].[Li+]. The minimum absolute atomic E-state index is 0. The van der Waals surface area contributed by atoms with Crippen molar-refractivity contribution < 1.29 is 132 Å². The van der Waals surface area contributed by atoms with Gasteiger partial charge in [-0.1, -0.05) is 0 Å². The van der Waals surface area contributed by atoms with E-state index in [0.717, 1.165) is 0 Å². The van der Waals surface area contributed by atoms with Crippen LogP contribution in [0.15, 0.2) is 17.1 Å². The van der Waals surface area contributed by atoms with Crippen LogP contribution in [0.5, 0.6) is 0 Å². The van der Waals surface area contributed by atoms with Crippen LogP contribution in [0.25, 0.3) is 11.0 Å². The first-order chi connectivity index (χ1) is 14.2. The van der Waals surface area contributed by atoms with Gasteiger partial charge in [0.2, 0.25) is 5.95 Å². The Morgan fingerprint density at radius 3 is 2.31 bits per heavy atom. The smallest absolute Gasteiger partial charge is 0.790 e. The molecule has 0 amide bonds. The first kappa shape index (κ1) is 38.1. The zero-order valence-corrected chi connectivity index (χ0v) is 21.6. The fraction of sp³-hybridized carbons (Fsp3) is 0.455. The molecule has 0 aliphatic carbocycles. The van der Waals surface area contributed by atoms with Crippen LogP contribution in [0.2, 0.25) is 0 Å². The molecule has 174 valence electrons. The summed E-state index contributed by atoms with van der Waals surface area (Å²) < 4.78 is 50.6. The molecule has 1 aliphatic rings. The van der Waals surface area contributed by atoms with E-state index in [1.165, 1.54) is 16.8 Å². The summed E-state index contributed by atoms with van der Waals surface area (Å²) in [5, 5.41) is 10.3.